The minimum Gasteiger partial charge on any atom is -0.461 e. The van der Waals surface area contributed by atoms with Crippen molar-refractivity contribution in [2.75, 3.05) is 6.61 Å². The van der Waals surface area contributed by atoms with E-state index in [2.05, 4.69) is 11.1 Å². The standard InChI is InChI=1S/C21H23F3N2O2/c1-3-28-20(27)18-14(2)26(19(25-18)15-9-5-4-6-10-15)13-16-11-7-8-12-17(16)21(22,23)24/h7-9,11-12H,3-6,10,13H2,1-2H3. The van der Waals surface area contributed by atoms with Gasteiger partial charge in [0.25, 0.3) is 0 Å². The van der Waals surface area contributed by atoms with E-state index in [1.165, 1.54) is 12.1 Å². The summed E-state index contributed by atoms with van der Waals surface area (Å²) in [5.41, 5.74) is 1.10. The van der Waals surface area contributed by atoms with Crippen molar-refractivity contribution in [2.24, 2.45) is 0 Å². The SMILES string of the molecule is CCOC(=O)c1nc(C2=CCCCC2)n(Cc2ccccc2C(F)(F)F)c1C. The van der Waals surface area contributed by atoms with Gasteiger partial charge in [-0.1, -0.05) is 24.3 Å². The number of nitrogens with zero attached hydrogens (tertiary/aromatic N) is 2. The van der Waals surface area contributed by atoms with Crippen LogP contribution >= 0.6 is 0 Å². The Labute approximate surface area is 162 Å². The Hall–Kier alpha value is -2.57. The minimum absolute atomic E-state index is 0.0133. The van der Waals surface area contributed by atoms with Crippen molar-refractivity contribution in [1.82, 2.24) is 9.55 Å². The van der Waals surface area contributed by atoms with Gasteiger partial charge in [-0.2, -0.15) is 13.2 Å². The molecule has 2 aromatic rings. The lowest BCUT2D eigenvalue weighted by atomic mass is 9.99. The first-order chi connectivity index (χ1) is 13.3. The predicted molar refractivity (Wildman–Crippen MR) is 99.9 cm³/mol. The number of hydrogen-bond acceptors (Lipinski definition) is 3. The molecule has 0 aliphatic heterocycles. The Balaban J connectivity index is 2.09. The number of halogens is 3. The van der Waals surface area contributed by atoms with Gasteiger partial charge in [0.1, 0.15) is 5.82 Å². The second-order valence-electron chi connectivity index (χ2n) is 6.81. The van der Waals surface area contributed by atoms with Crippen LogP contribution in [0.2, 0.25) is 0 Å². The first-order valence-electron chi connectivity index (χ1n) is 9.41. The zero-order valence-electron chi connectivity index (χ0n) is 16.0. The third-order valence-corrected chi connectivity index (χ3v) is 4.92. The summed E-state index contributed by atoms with van der Waals surface area (Å²) in [6.07, 6.45) is 1.37. The van der Waals surface area contributed by atoms with Crippen molar-refractivity contribution in [2.45, 2.75) is 52.3 Å². The number of benzene rings is 1. The van der Waals surface area contributed by atoms with Gasteiger partial charge in [-0.15, -0.1) is 0 Å². The molecule has 0 saturated heterocycles. The quantitative estimate of drug-likeness (QED) is 0.641. The Morgan fingerprint density at radius 1 is 1.25 bits per heavy atom. The van der Waals surface area contributed by atoms with Crippen molar-refractivity contribution in [3.63, 3.8) is 0 Å². The number of rotatable bonds is 5. The summed E-state index contributed by atoms with van der Waals surface area (Å²) in [5, 5.41) is 0. The fraction of sp³-hybridized carbons (Fsp3) is 0.429. The molecule has 0 bridgehead atoms. The van der Waals surface area contributed by atoms with Crippen molar-refractivity contribution in [3.8, 4) is 0 Å². The second kappa shape index (κ2) is 8.20. The number of carbonyl (C=O) groups excluding carboxylic acids is 1. The maximum Gasteiger partial charge on any atom is 0.416 e. The molecule has 0 radical (unpaired) electrons. The van der Waals surface area contributed by atoms with E-state index < -0.39 is 17.7 Å². The molecule has 1 aliphatic carbocycles. The van der Waals surface area contributed by atoms with Crippen LogP contribution < -0.4 is 0 Å². The molecule has 0 spiro atoms. The molecule has 3 rings (SSSR count). The van der Waals surface area contributed by atoms with Gasteiger partial charge in [-0.05, 0) is 56.7 Å². The van der Waals surface area contributed by atoms with Gasteiger partial charge in [0.05, 0.1) is 12.2 Å². The first kappa shape index (κ1) is 20.2. The van der Waals surface area contributed by atoms with Gasteiger partial charge in [-0.3, -0.25) is 0 Å². The fourth-order valence-corrected chi connectivity index (χ4v) is 3.51. The summed E-state index contributed by atoms with van der Waals surface area (Å²) in [5.74, 6) is -0.00209. The van der Waals surface area contributed by atoms with E-state index in [-0.39, 0.29) is 24.4 Å². The van der Waals surface area contributed by atoms with E-state index in [9.17, 15) is 18.0 Å². The van der Waals surface area contributed by atoms with Crippen LogP contribution in [0.15, 0.2) is 30.3 Å². The van der Waals surface area contributed by atoms with E-state index in [1.54, 1.807) is 24.5 Å². The molecule has 1 heterocycles. The summed E-state index contributed by atoms with van der Waals surface area (Å²) in [6.45, 7) is 3.59. The number of esters is 1. The van der Waals surface area contributed by atoms with Crippen molar-refractivity contribution in [3.05, 3.63) is 58.7 Å². The number of hydrogen-bond donors (Lipinski definition) is 0. The molecule has 0 saturated carbocycles. The molecule has 0 atom stereocenters. The number of alkyl halides is 3. The van der Waals surface area contributed by atoms with Crippen molar-refractivity contribution >= 4 is 11.5 Å². The highest BCUT2D eigenvalue weighted by molar-refractivity contribution is 5.89. The average molecular weight is 392 g/mol. The molecular weight excluding hydrogens is 369 g/mol. The Bertz CT molecular complexity index is 898. The van der Waals surface area contributed by atoms with Crippen molar-refractivity contribution < 1.29 is 22.7 Å². The highest BCUT2D eigenvalue weighted by atomic mass is 19.4. The van der Waals surface area contributed by atoms with Crippen LogP contribution in [0.3, 0.4) is 0 Å². The summed E-state index contributed by atoms with van der Waals surface area (Å²) >= 11 is 0. The third-order valence-electron chi connectivity index (χ3n) is 4.92. The van der Waals surface area contributed by atoms with Crippen LogP contribution in [-0.4, -0.2) is 22.1 Å². The van der Waals surface area contributed by atoms with E-state index in [1.807, 2.05) is 0 Å². The summed E-state index contributed by atoms with van der Waals surface area (Å²) in [4.78, 5) is 16.8. The van der Waals surface area contributed by atoms with Crippen LogP contribution in [0.1, 0.15) is 65.7 Å². The zero-order valence-corrected chi connectivity index (χ0v) is 16.0. The lowest BCUT2D eigenvalue weighted by molar-refractivity contribution is -0.138. The number of imidazole rings is 1. The van der Waals surface area contributed by atoms with Gasteiger partial charge in [-0.25, -0.2) is 9.78 Å². The largest absolute Gasteiger partial charge is 0.461 e. The van der Waals surface area contributed by atoms with Crippen LogP contribution in [0.25, 0.3) is 5.57 Å². The van der Waals surface area contributed by atoms with E-state index in [0.29, 0.717) is 11.5 Å². The lowest BCUT2D eigenvalue weighted by Crippen LogP contribution is -2.14. The molecule has 0 amide bonds. The third kappa shape index (κ3) is 4.13. The van der Waals surface area contributed by atoms with Gasteiger partial charge >= 0.3 is 12.1 Å². The van der Waals surface area contributed by atoms with Crippen molar-refractivity contribution in [1.29, 1.82) is 0 Å². The van der Waals surface area contributed by atoms with E-state index in [0.717, 1.165) is 37.3 Å². The van der Waals surface area contributed by atoms with Crippen LogP contribution in [0.5, 0.6) is 0 Å². The normalized spacial score (nSPS) is 14.7. The summed E-state index contributed by atoms with van der Waals surface area (Å²) < 4.78 is 47.1. The Kier molecular flexibility index (Phi) is 5.91. The molecule has 0 unspecified atom stereocenters. The van der Waals surface area contributed by atoms with Gasteiger partial charge in [0.15, 0.2) is 5.69 Å². The van der Waals surface area contributed by atoms with Gasteiger partial charge < -0.3 is 9.30 Å². The topological polar surface area (TPSA) is 44.1 Å². The maximum atomic E-state index is 13.4. The second-order valence-corrected chi connectivity index (χ2v) is 6.81. The fourth-order valence-electron chi connectivity index (χ4n) is 3.51. The van der Waals surface area contributed by atoms with E-state index in [4.69, 9.17) is 4.74 Å². The number of aromatic nitrogens is 2. The molecule has 1 aromatic carbocycles. The molecule has 1 aliphatic rings. The zero-order chi connectivity index (χ0) is 20.3. The smallest absolute Gasteiger partial charge is 0.416 e. The maximum absolute atomic E-state index is 13.4. The minimum atomic E-state index is -4.45. The number of allylic oxidation sites excluding steroid dienone is 2. The van der Waals surface area contributed by atoms with Crippen LogP contribution in [-0.2, 0) is 17.5 Å². The number of carbonyl (C=O) groups is 1. The Morgan fingerprint density at radius 3 is 2.64 bits per heavy atom. The van der Waals surface area contributed by atoms with Crippen LogP contribution in [0, 0.1) is 6.92 Å². The van der Waals surface area contributed by atoms with Gasteiger partial charge in [0.2, 0.25) is 0 Å². The molecule has 0 N–H and O–H groups in total. The lowest BCUT2D eigenvalue weighted by Gasteiger charge is -2.18. The molecule has 150 valence electrons. The Morgan fingerprint density at radius 2 is 2.00 bits per heavy atom. The molecule has 7 heteroatoms. The highest BCUT2D eigenvalue weighted by Gasteiger charge is 2.33. The monoisotopic (exact) mass is 392 g/mol. The number of ether oxygens (including phenoxy) is 1. The molecule has 4 nitrogen and oxygen atoms in total. The molecule has 28 heavy (non-hydrogen) atoms. The average Bonchev–Trinajstić information content (AvgIpc) is 2.99. The highest BCUT2D eigenvalue weighted by Crippen LogP contribution is 2.34. The molecular formula is C21H23F3N2O2. The van der Waals surface area contributed by atoms with Gasteiger partial charge in [0, 0.05) is 12.2 Å². The first-order valence-corrected chi connectivity index (χ1v) is 9.41. The van der Waals surface area contributed by atoms with E-state index >= 15 is 0 Å². The molecule has 1 aromatic heterocycles. The summed E-state index contributed by atoms with van der Waals surface area (Å²) in [7, 11) is 0. The predicted octanol–water partition coefficient (Wildman–Crippen LogP) is 5.39. The van der Waals surface area contributed by atoms with Crippen LogP contribution in [0.4, 0.5) is 13.2 Å². The molecule has 0 fully saturated rings. The summed E-state index contributed by atoms with van der Waals surface area (Å²) in [6, 6.07) is 5.50.